The average molecular weight is 777 g/mol. The van der Waals surface area contributed by atoms with E-state index in [0.29, 0.717) is 50.8 Å². The van der Waals surface area contributed by atoms with Gasteiger partial charge in [-0.2, -0.15) is 0 Å². The number of nitrogens with zero attached hydrogens (tertiary/aromatic N) is 1. The lowest BCUT2D eigenvalue weighted by Crippen LogP contribution is -2.72. The molecule has 3 N–H and O–H groups in total. The molecule has 13 heteroatoms. The molecule has 6 rings (SSSR count). The van der Waals surface area contributed by atoms with Crippen LogP contribution in [0.1, 0.15) is 105 Å². The van der Waals surface area contributed by atoms with Gasteiger partial charge in [-0.3, -0.25) is 14.4 Å². The molecule has 306 valence electrons. The Balaban J connectivity index is 1.31. The summed E-state index contributed by atoms with van der Waals surface area (Å²) < 4.78 is 22.4. The summed E-state index contributed by atoms with van der Waals surface area (Å²) in [5.41, 5.74) is -1.89. The first-order chi connectivity index (χ1) is 26.4. The molecule has 4 fully saturated rings. The standard InChI is InChI=1S/C43H60N4O9/c1-40(2,3)55-36(49)26-47(35(48)28-53-33-17-11-8-12-18-33)43-24-31-21-32(25-43)23-42(22-31,29-43)46-37(50)34(19-13-14-20-44-38(51)56-41(4,5)6)45-39(52)54-27-30-15-9-7-10-16-30/h7-12,15-18,31-32,34H,13-14,19-29H2,1-6H3,(H,44,51)(H,45,52)(H,46,50)/t31-,32+,34-,42?,43?/m0/s1. The highest BCUT2D eigenvalue weighted by molar-refractivity contribution is 5.87. The third kappa shape index (κ3) is 12.3. The number of carbonyl (C=O) groups excluding carboxylic acids is 5. The lowest BCUT2D eigenvalue weighted by atomic mass is 9.49. The molecule has 0 heterocycles. The van der Waals surface area contributed by atoms with Crippen LogP contribution < -0.4 is 20.7 Å². The summed E-state index contributed by atoms with van der Waals surface area (Å²) in [6, 6.07) is 17.5. The van der Waals surface area contributed by atoms with E-state index in [1.54, 1.807) is 58.6 Å². The van der Waals surface area contributed by atoms with Crippen molar-refractivity contribution in [1.29, 1.82) is 0 Å². The van der Waals surface area contributed by atoms with Crippen LogP contribution in [0.5, 0.6) is 5.75 Å². The first kappa shape index (κ1) is 42.3. The van der Waals surface area contributed by atoms with E-state index in [9.17, 15) is 24.0 Å². The van der Waals surface area contributed by atoms with Crippen molar-refractivity contribution >= 4 is 30.0 Å². The molecule has 5 atom stereocenters. The Morgan fingerprint density at radius 1 is 0.804 bits per heavy atom. The number of esters is 1. The van der Waals surface area contributed by atoms with Crippen molar-refractivity contribution in [1.82, 2.24) is 20.9 Å². The molecule has 4 amide bonds. The van der Waals surface area contributed by atoms with Crippen LogP contribution in [0.15, 0.2) is 60.7 Å². The monoisotopic (exact) mass is 776 g/mol. The molecular formula is C43H60N4O9. The second-order valence-corrected chi connectivity index (χ2v) is 17.8. The maximum absolute atomic E-state index is 14.3. The van der Waals surface area contributed by atoms with E-state index in [2.05, 4.69) is 16.0 Å². The summed E-state index contributed by atoms with van der Waals surface area (Å²) in [5.74, 6) is -0.156. The summed E-state index contributed by atoms with van der Waals surface area (Å²) in [6.07, 6.45) is 4.47. The molecule has 56 heavy (non-hydrogen) atoms. The number of hydrogen-bond acceptors (Lipinski definition) is 9. The maximum Gasteiger partial charge on any atom is 0.408 e. The maximum atomic E-state index is 14.3. The van der Waals surface area contributed by atoms with Crippen LogP contribution in [-0.4, -0.2) is 82.9 Å². The Bertz CT molecular complexity index is 1660. The Labute approximate surface area is 330 Å². The van der Waals surface area contributed by atoms with E-state index in [0.717, 1.165) is 24.8 Å². The van der Waals surface area contributed by atoms with Gasteiger partial charge >= 0.3 is 18.2 Å². The van der Waals surface area contributed by atoms with Crippen LogP contribution in [0.2, 0.25) is 0 Å². The number of hydrogen-bond donors (Lipinski definition) is 3. The number of nitrogens with one attached hydrogen (secondary N) is 3. The van der Waals surface area contributed by atoms with Crippen molar-refractivity contribution in [3.05, 3.63) is 66.2 Å². The molecule has 0 aliphatic heterocycles. The van der Waals surface area contributed by atoms with Gasteiger partial charge in [0.15, 0.2) is 6.61 Å². The highest BCUT2D eigenvalue weighted by Gasteiger charge is 2.61. The Kier molecular flexibility index (Phi) is 13.6. The quantitative estimate of drug-likeness (QED) is 0.0991. The summed E-state index contributed by atoms with van der Waals surface area (Å²) >= 11 is 0. The predicted molar refractivity (Wildman–Crippen MR) is 209 cm³/mol. The number of amides is 4. The molecular weight excluding hydrogens is 716 g/mol. The second-order valence-electron chi connectivity index (χ2n) is 17.8. The summed E-state index contributed by atoms with van der Waals surface area (Å²) in [7, 11) is 0. The van der Waals surface area contributed by atoms with Gasteiger partial charge in [0.2, 0.25) is 5.91 Å². The molecule has 4 aliphatic rings. The van der Waals surface area contributed by atoms with Gasteiger partial charge in [0, 0.05) is 17.6 Å². The minimum absolute atomic E-state index is 0.0478. The van der Waals surface area contributed by atoms with Crippen molar-refractivity contribution in [2.75, 3.05) is 19.7 Å². The normalized spacial score (nSPS) is 23.0. The molecule has 0 spiro atoms. The smallest absolute Gasteiger partial charge is 0.408 e. The van der Waals surface area contributed by atoms with Crippen molar-refractivity contribution in [3.63, 3.8) is 0 Å². The zero-order valence-corrected chi connectivity index (χ0v) is 33.8. The molecule has 4 aliphatic carbocycles. The highest BCUT2D eigenvalue weighted by atomic mass is 16.6. The van der Waals surface area contributed by atoms with Gasteiger partial charge < -0.3 is 39.8 Å². The number of unbranched alkanes of at least 4 members (excludes halogenated alkanes) is 1. The third-order valence-corrected chi connectivity index (χ3v) is 10.5. The summed E-state index contributed by atoms with van der Waals surface area (Å²) in [5, 5.41) is 8.92. The molecule has 0 aromatic heterocycles. The molecule has 4 bridgehead atoms. The van der Waals surface area contributed by atoms with Gasteiger partial charge in [-0.15, -0.1) is 0 Å². The predicted octanol–water partition coefficient (Wildman–Crippen LogP) is 6.43. The zero-order chi connectivity index (χ0) is 40.6. The number of alkyl carbamates (subject to hydrolysis) is 2. The topological polar surface area (TPSA) is 162 Å². The van der Waals surface area contributed by atoms with Gasteiger partial charge in [-0.1, -0.05) is 48.5 Å². The van der Waals surface area contributed by atoms with Crippen LogP contribution >= 0.6 is 0 Å². The van der Waals surface area contributed by atoms with Gasteiger partial charge in [0.05, 0.1) is 0 Å². The number of carbonyl (C=O) groups is 5. The highest BCUT2D eigenvalue weighted by Crippen LogP contribution is 2.59. The van der Waals surface area contributed by atoms with Crippen LogP contribution in [0, 0.1) is 11.8 Å². The fourth-order valence-electron chi connectivity index (χ4n) is 8.94. The van der Waals surface area contributed by atoms with Gasteiger partial charge in [0.25, 0.3) is 5.91 Å². The van der Waals surface area contributed by atoms with Crippen LogP contribution in [-0.2, 0) is 35.2 Å². The third-order valence-electron chi connectivity index (χ3n) is 10.5. The van der Waals surface area contributed by atoms with Crippen LogP contribution in [0.3, 0.4) is 0 Å². The van der Waals surface area contributed by atoms with E-state index in [1.165, 1.54) is 0 Å². The zero-order valence-electron chi connectivity index (χ0n) is 33.8. The molecule has 0 radical (unpaired) electrons. The van der Waals surface area contributed by atoms with Crippen LogP contribution in [0.25, 0.3) is 0 Å². The van der Waals surface area contributed by atoms with E-state index >= 15 is 0 Å². The molecule has 2 aromatic rings. The molecule has 2 unspecified atom stereocenters. The largest absolute Gasteiger partial charge is 0.484 e. The summed E-state index contributed by atoms with van der Waals surface area (Å²) in [4.78, 5) is 68.8. The fraction of sp³-hybridized carbons (Fsp3) is 0.605. The SMILES string of the molecule is CC(C)(C)OC(=O)CN(C(=O)COc1ccccc1)C12C[C@@H]3C[C@@H](CC(NC(=O)[C@H](CCCCNC(=O)OC(C)(C)C)NC(=O)OCc4ccccc4)(C3)C1)C2. The van der Waals surface area contributed by atoms with Crippen molar-refractivity contribution in [2.45, 2.75) is 134 Å². The Hall–Kier alpha value is -4.81. The lowest BCUT2D eigenvalue weighted by Gasteiger charge is -2.64. The minimum Gasteiger partial charge on any atom is -0.484 e. The van der Waals surface area contributed by atoms with Gasteiger partial charge in [0.1, 0.15) is 36.1 Å². The first-order valence-electron chi connectivity index (χ1n) is 19.9. The molecule has 13 nitrogen and oxygen atoms in total. The Morgan fingerprint density at radius 2 is 1.43 bits per heavy atom. The van der Waals surface area contributed by atoms with Crippen molar-refractivity contribution in [3.8, 4) is 5.75 Å². The molecule has 0 saturated heterocycles. The van der Waals surface area contributed by atoms with Crippen molar-refractivity contribution < 1.29 is 42.9 Å². The van der Waals surface area contributed by atoms with E-state index < -0.39 is 46.5 Å². The van der Waals surface area contributed by atoms with Gasteiger partial charge in [-0.05, 0) is 129 Å². The van der Waals surface area contributed by atoms with Crippen LogP contribution in [0.4, 0.5) is 9.59 Å². The Morgan fingerprint density at radius 3 is 2.05 bits per heavy atom. The molecule has 2 aromatic carbocycles. The second kappa shape index (κ2) is 18.0. The molecule has 4 saturated carbocycles. The van der Waals surface area contributed by atoms with E-state index in [-0.39, 0.29) is 43.4 Å². The average Bonchev–Trinajstić information content (AvgIpc) is 3.10. The van der Waals surface area contributed by atoms with E-state index in [4.69, 9.17) is 18.9 Å². The fourth-order valence-corrected chi connectivity index (χ4v) is 8.94. The minimum atomic E-state index is -0.914. The number of benzene rings is 2. The summed E-state index contributed by atoms with van der Waals surface area (Å²) in [6.45, 7) is 10.7. The number of rotatable bonds is 16. The first-order valence-corrected chi connectivity index (χ1v) is 19.9. The van der Waals surface area contributed by atoms with Gasteiger partial charge in [-0.25, -0.2) is 9.59 Å². The van der Waals surface area contributed by atoms with E-state index in [1.807, 2.05) is 48.5 Å². The number of para-hydroxylation sites is 1. The lowest BCUT2D eigenvalue weighted by molar-refractivity contribution is -0.173. The van der Waals surface area contributed by atoms with Crippen molar-refractivity contribution in [2.24, 2.45) is 11.8 Å². The number of ether oxygens (including phenoxy) is 4.